The first kappa shape index (κ1) is 18.4. The zero-order chi connectivity index (χ0) is 18.8. The molecule has 2 unspecified atom stereocenters. The van der Waals surface area contributed by atoms with Gasteiger partial charge in [0.1, 0.15) is 0 Å². The van der Waals surface area contributed by atoms with Crippen LogP contribution in [-0.2, 0) is 6.42 Å². The molecule has 2 aliphatic rings. The van der Waals surface area contributed by atoms with E-state index < -0.39 is 0 Å². The van der Waals surface area contributed by atoms with E-state index in [9.17, 15) is 4.79 Å². The molecule has 1 N–H and O–H groups in total. The Morgan fingerprint density at radius 2 is 1.85 bits per heavy atom. The van der Waals surface area contributed by atoms with Gasteiger partial charge in [0.05, 0.1) is 0 Å². The summed E-state index contributed by atoms with van der Waals surface area (Å²) in [4.78, 5) is 14.9. The summed E-state index contributed by atoms with van der Waals surface area (Å²) in [5, 5.41) is 3.85. The molecule has 1 aliphatic carbocycles. The molecular weight excluding hydrogens is 332 g/mol. The molecule has 1 heterocycles. The van der Waals surface area contributed by atoms with Crippen LogP contribution in [0.1, 0.15) is 52.2 Å². The Morgan fingerprint density at radius 3 is 2.56 bits per heavy atom. The van der Waals surface area contributed by atoms with Crippen molar-refractivity contribution in [1.29, 1.82) is 0 Å². The molecule has 2 aromatic carbocycles. The van der Waals surface area contributed by atoms with Gasteiger partial charge in [-0.1, -0.05) is 48.0 Å². The molecule has 4 rings (SSSR count). The average Bonchev–Trinajstić information content (AvgIpc) is 3.43. The smallest absolute Gasteiger partial charge is 0.167 e. The van der Waals surface area contributed by atoms with Crippen molar-refractivity contribution < 1.29 is 4.79 Å². The predicted octanol–water partition coefficient (Wildman–Crippen LogP) is 3.96. The molecule has 1 aliphatic heterocycles. The molecule has 0 radical (unpaired) electrons. The highest BCUT2D eigenvalue weighted by atomic mass is 16.1. The second-order valence-corrected chi connectivity index (χ2v) is 8.40. The highest BCUT2D eigenvalue weighted by Crippen LogP contribution is 2.41. The van der Waals surface area contributed by atoms with Crippen LogP contribution in [0.15, 0.2) is 48.5 Å². The normalized spacial score (nSPS) is 23.3. The van der Waals surface area contributed by atoms with Gasteiger partial charge in [-0.05, 0) is 63.5 Å². The highest BCUT2D eigenvalue weighted by molar-refractivity contribution is 5.97. The second kappa shape index (κ2) is 7.95. The molecule has 1 saturated heterocycles. The summed E-state index contributed by atoms with van der Waals surface area (Å²) in [5.74, 6) is 0.839. The van der Waals surface area contributed by atoms with Crippen LogP contribution in [0, 0.1) is 6.92 Å². The minimum Gasteiger partial charge on any atom is -0.311 e. The third kappa shape index (κ3) is 4.66. The maximum absolute atomic E-state index is 12.5. The highest BCUT2D eigenvalue weighted by Gasteiger charge is 2.39. The summed E-state index contributed by atoms with van der Waals surface area (Å²) in [6, 6.07) is 17.9. The number of carbonyl (C=O) groups excluding carboxylic acids is 1. The molecule has 3 nitrogen and oxygen atoms in total. The van der Waals surface area contributed by atoms with E-state index >= 15 is 0 Å². The van der Waals surface area contributed by atoms with E-state index in [1.165, 1.54) is 37.9 Å². The minimum atomic E-state index is 0.194. The van der Waals surface area contributed by atoms with Crippen molar-refractivity contribution in [3.8, 4) is 0 Å². The van der Waals surface area contributed by atoms with Gasteiger partial charge in [-0.2, -0.15) is 0 Å². The van der Waals surface area contributed by atoms with E-state index in [4.69, 9.17) is 0 Å². The Labute approximate surface area is 162 Å². The molecule has 0 bridgehead atoms. The van der Waals surface area contributed by atoms with E-state index in [0.29, 0.717) is 24.4 Å². The van der Waals surface area contributed by atoms with E-state index in [1.807, 2.05) is 31.2 Å². The van der Waals surface area contributed by atoms with Crippen molar-refractivity contribution in [2.24, 2.45) is 0 Å². The molecule has 0 amide bonds. The number of piperidine rings is 1. The Morgan fingerprint density at radius 1 is 1.11 bits per heavy atom. The summed E-state index contributed by atoms with van der Waals surface area (Å²) >= 11 is 0. The Hall–Kier alpha value is -1.97. The van der Waals surface area contributed by atoms with Crippen molar-refractivity contribution in [1.82, 2.24) is 10.2 Å². The number of aryl methyl sites for hydroxylation is 1. The lowest BCUT2D eigenvalue weighted by Gasteiger charge is -2.29. The number of benzene rings is 2. The van der Waals surface area contributed by atoms with Crippen molar-refractivity contribution >= 4 is 5.78 Å². The number of hydrogen-bond donors (Lipinski definition) is 1. The zero-order valence-corrected chi connectivity index (χ0v) is 16.4. The Kier molecular flexibility index (Phi) is 5.42. The van der Waals surface area contributed by atoms with Gasteiger partial charge in [-0.3, -0.25) is 4.79 Å². The van der Waals surface area contributed by atoms with Crippen LogP contribution in [0.5, 0.6) is 0 Å². The van der Waals surface area contributed by atoms with Gasteiger partial charge in [0.15, 0.2) is 5.78 Å². The first-order chi connectivity index (χ1) is 13.1. The summed E-state index contributed by atoms with van der Waals surface area (Å²) < 4.78 is 0. The van der Waals surface area contributed by atoms with Gasteiger partial charge in [-0.15, -0.1) is 0 Å². The number of hydrogen-bond acceptors (Lipinski definition) is 3. The lowest BCUT2D eigenvalue weighted by atomic mass is 10.00. The fourth-order valence-electron chi connectivity index (χ4n) is 4.21. The fraction of sp³-hybridized carbons (Fsp3) is 0.458. The van der Waals surface area contributed by atoms with E-state index in [-0.39, 0.29) is 5.78 Å². The number of rotatable bonds is 6. The van der Waals surface area contributed by atoms with Gasteiger partial charge in [0, 0.05) is 30.0 Å². The van der Waals surface area contributed by atoms with Gasteiger partial charge < -0.3 is 10.2 Å². The van der Waals surface area contributed by atoms with E-state index in [2.05, 4.69) is 41.5 Å². The van der Waals surface area contributed by atoms with Crippen LogP contribution in [0.25, 0.3) is 0 Å². The second-order valence-electron chi connectivity index (χ2n) is 8.40. The third-order valence-corrected chi connectivity index (χ3v) is 6.07. The molecule has 27 heavy (non-hydrogen) atoms. The topological polar surface area (TPSA) is 32.3 Å². The molecule has 1 saturated carbocycles. The van der Waals surface area contributed by atoms with E-state index in [0.717, 1.165) is 16.7 Å². The first-order valence-electron chi connectivity index (χ1n) is 10.2. The number of Topliss-reactive ketones (excluding diaryl/α,β-unsaturated/α-hetero) is 1. The summed E-state index contributed by atoms with van der Waals surface area (Å²) in [5.41, 5.74) is 4.45. The van der Waals surface area contributed by atoms with Crippen LogP contribution in [0.4, 0.5) is 0 Å². The SMILES string of the molecule is Cc1cccc(C(=O)Cc2ccc(C3CC3NC3CCN(C)CC3)cc2)c1. The summed E-state index contributed by atoms with van der Waals surface area (Å²) in [7, 11) is 2.21. The van der Waals surface area contributed by atoms with Crippen LogP contribution < -0.4 is 5.32 Å². The van der Waals surface area contributed by atoms with Crippen molar-refractivity contribution in [3.05, 3.63) is 70.8 Å². The fourth-order valence-corrected chi connectivity index (χ4v) is 4.21. The Balaban J connectivity index is 1.30. The molecular formula is C24H30N2O. The first-order valence-corrected chi connectivity index (χ1v) is 10.2. The minimum absolute atomic E-state index is 0.194. The van der Waals surface area contributed by atoms with Crippen LogP contribution >= 0.6 is 0 Å². The average molecular weight is 363 g/mol. The van der Waals surface area contributed by atoms with Crippen molar-refractivity contribution in [3.63, 3.8) is 0 Å². The van der Waals surface area contributed by atoms with Gasteiger partial charge in [0.2, 0.25) is 0 Å². The number of nitrogens with zero attached hydrogens (tertiary/aromatic N) is 1. The standard InChI is InChI=1S/C24H30N2O/c1-17-4-3-5-20(14-17)24(27)15-18-6-8-19(9-7-18)22-16-23(22)25-21-10-12-26(2)13-11-21/h3-9,14,21-23,25H,10-13,15-16H2,1-2H3. The van der Waals surface area contributed by atoms with Gasteiger partial charge in [0.25, 0.3) is 0 Å². The van der Waals surface area contributed by atoms with Crippen molar-refractivity contribution in [2.45, 2.75) is 50.6 Å². The predicted molar refractivity (Wildman–Crippen MR) is 110 cm³/mol. The lowest BCUT2D eigenvalue weighted by Crippen LogP contribution is -2.41. The maximum Gasteiger partial charge on any atom is 0.167 e. The third-order valence-electron chi connectivity index (χ3n) is 6.07. The van der Waals surface area contributed by atoms with Crippen LogP contribution in [-0.4, -0.2) is 42.9 Å². The Bertz CT molecular complexity index is 790. The monoisotopic (exact) mass is 362 g/mol. The molecule has 142 valence electrons. The maximum atomic E-state index is 12.5. The van der Waals surface area contributed by atoms with Crippen LogP contribution in [0.2, 0.25) is 0 Å². The largest absolute Gasteiger partial charge is 0.311 e. The quantitative estimate of drug-likeness (QED) is 0.790. The zero-order valence-electron chi connectivity index (χ0n) is 16.4. The molecule has 2 atom stereocenters. The van der Waals surface area contributed by atoms with Gasteiger partial charge >= 0.3 is 0 Å². The summed E-state index contributed by atoms with van der Waals surface area (Å²) in [6.45, 7) is 4.44. The number of nitrogens with one attached hydrogen (secondary N) is 1. The molecule has 0 aromatic heterocycles. The molecule has 3 heteroatoms. The number of carbonyl (C=O) groups is 1. The van der Waals surface area contributed by atoms with Crippen molar-refractivity contribution in [2.75, 3.05) is 20.1 Å². The van der Waals surface area contributed by atoms with Crippen LogP contribution in [0.3, 0.4) is 0 Å². The number of likely N-dealkylation sites (tertiary alicyclic amines) is 1. The lowest BCUT2D eigenvalue weighted by molar-refractivity contribution is 0.0993. The van der Waals surface area contributed by atoms with Gasteiger partial charge in [-0.25, -0.2) is 0 Å². The molecule has 2 aromatic rings. The molecule has 2 fully saturated rings. The summed E-state index contributed by atoms with van der Waals surface area (Å²) in [6.07, 6.45) is 4.25. The number of ketones is 1. The molecule has 0 spiro atoms. The van der Waals surface area contributed by atoms with E-state index in [1.54, 1.807) is 0 Å².